The van der Waals surface area contributed by atoms with Crippen molar-refractivity contribution in [2.45, 2.75) is 11.3 Å². The van der Waals surface area contributed by atoms with Crippen LogP contribution in [0.3, 0.4) is 0 Å². The van der Waals surface area contributed by atoms with Gasteiger partial charge in [0.05, 0.1) is 16.2 Å². The number of nitrogens with one attached hydrogen (secondary N) is 3. The molecule has 5 rings (SSSR count). The van der Waals surface area contributed by atoms with E-state index < -0.39 is 9.84 Å². The van der Waals surface area contributed by atoms with Crippen molar-refractivity contribution < 1.29 is 13.2 Å². The molecule has 3 N–H and O–H groups in total. The first-order valence-corrected chi connectivity index (χ1v) is 11.8. The van der Waals surface area contributed by atoms with Crippen molar-refractivity contribution in [3.8, 4) is 0 Å². The number of hydrogen-bond acceptors (Lipinski definition) is 5. The van der Waals surface area contributed by atoms with E-state index in [0.717, 1.165) is 27.8 Å². The SMILES string of the molecule is O=C(Nc1ccccc1)Nc1ccc(Nc2ccnc3ccc4c(c23)CCS4(=O)=O)cc1. The number of sulfone groups is 1. The minimum Gasteiger partial charge on any atom is -0.355 e. The van der Waals surface area contributed by atoms with Crippen LogP contribution < -0.4 is 16.0 Å². The van der Waals surface area contributed by atoms with Crippen molar-refractivity contribution >= 4 is 49.5 Å². The number of urea groups is 1. The van der Waals surface area contributed by atoms with E-state index in [1.54, 1.807) is 30.5 Å². The average molecular weight is 445 g/mol. The predicted molar refractivity (Wildman–Crippen MR) is 126 cm³/mol. The summed E-state index contributed by atoms with van der Waals surface area (Å²) in [7, 11) is -3.23. The molecule has 7 nitrogen and oxygen atoms in total. The smallest absolute Gasteiger partial charge is 0.323 e. The van der Waals surface area contributed by atoms with E-state index in [4.69, 9.17) is 0 Å². The van der Waals surface area contributed by atoms with Crippen LogP contribution in [-0.4, -0.2) is 25.2 Å². The summed E-state index contributed by atoms with van der Waals surface area (Å²) >= 11 is 0. The fraction of sp³-hybridized carbons (Fsp3) is 0.0833. The number of carbonyl (C=O) groups is 1. The lowest BCUT2D eigenvalue weighted by molar-refractivity contribution is 0.262. The highest BCUT2D eigenvalue weighted by atomic mass is 32.2. The van der Waals surface area contributed by atoms with E-state index >= 15 is 0 Å². The maximum Gasteiger partial charge on any atom is 0.323 e. The first kappa shape index (κ1) is 20.0. The second-order valence-electron chi connectivity index (χ2n) is 7.51. The topological polar surface area (TPSA) is 100 Å². The van der Waals surface area contributed by atoms with Crippen LogP contribution in [0.2, 0.25) is 0 Å². The Labute approximate surface area is 185 Å². The Morgan fingerprint density at radius 2 is 1.50 bits per heavy atom. The summed E-state index contributed by atoms with van der Waals surface area (Å²) in [5.41, 5.74) is 4.53. The van der Waals surface area contributed by atoms with Gasteiger partial charge in [-0.25, -0.2) is 13.2 Å². The monoisotopic (exact) mass is 444 g/mol. The Bertz CT molecular complexity index is 1420. The first-order chi connectivity index (χ1) is 15.5. The van der Waals surface area contributed by atoms with Crippen LogP contribution in [0.4, 0.5) is 27.5 Å². The Morgan fingerprint density at radius 1 is 0.812 bits per heavy atom. The number of pyridine rings is 1. The molecule has 8 heteroatoms. The second kappa shape index (κ2) is 7.97. The molecule has 0 atom stereocenters. The normalized spacial score (nSPS) is 14.0. The predicted octanol–water partition coefficient (Wildman–Crippen LogP) is 4.95. The maximum absolute atomic E-state index is 12.3. The minimum absolute atomic E-state index is 0.126. The van der Waals surface area contributed by atoms with E-state index in [-0.39, 0.29) is 11.8 Å². The van der Waals surface area contributed by atoms with Crippen molar-refractivity contribution in [3.05, 3.63) is 84.6 Å². The molecular formula is C24H20N4O3S. The molecule has 1 aliphatic rings. The number of para-hydroxylation sites is 1. The molecule has 0 aliphatic carbocycles. The third-order valence-corrected chi connectivity index (χ3v) is 7.18. The number of hydrogen-bond donors (Lipinski definition) is 3. The Hall–Kier alpha value is -3.91. The molecule has 2 heterocycles. The molecule has 1 aromatic heterocycles. The van der Waals surface area contributed by atoms with Gasteiger partial charge in [-0.2, -0.15) is 0 Å². The van der Waals surface area contributed by atoms with E-state index in [9.17, 15) is 13.2 Å². The van der Waals surface area contributed by atoms with Crippen molar-refractivity contribution in [1.82, 2.24) is 4.98 Å². The zero-order valence-electron chi connectivity index (χ0n) is 17.0. The van der Waals surface area contributed by atoms with Crippen molar-refractivity contribution in [2.75, 3.05) is 21.7 Å². The van der Waals surface area contributed by atoms with Gasteiger partial charge in [-0.05, 0) is 66.6 Å². The van der Waals surface area contributed by atoms with Gasteiger partial charge in [0.15, 0.2) is 9.84 Å². The van der Waals surface area contributed by atoms with Gasteiger partial charge in [-0.3, -0.25) is 4.98 Å². The van der Waals surface area contributed by atoms with Gasteiger partial charge >= 0.3 is 6.03 Å². The molecule has 1 aliphatic heterocycles. The lowest BCUT2D eigenvalue weighted by Crippen LogP contribution is -2.19. The summed E-state index contributed by atoms with van der Waals surface area (Å²) < 4.78 is 24.7. The van der Waals surface area contributed by atoms with Gasteiger partial charge < -0.3 is 16.0 Å². The summed E-state index contributed by atoms with van der Waals surface area (Å²) in [6, 6.07) is 21.4. The maximum atomic E-state index is 12.3. The van der Waals surface area contributed by atoms with Crippen molar-refractivity contribution in [1.29, 1.82) is 0 Å². The fourth-order valence-electron chi connectivity index (χ4n) is 3.90. The summed E-state index contributed by atoms with van der Waals surface area (Å²) in [5.74, 6) is 0.126. The number of fused-ring (bicyclic) bond motifs is 3. The summed E-state index contributed by atoms with van der Waals surface area (Å²) in [4.78, 5) is 17.0. The highest BCUT2D eigenvalue weighted by Crippen LogP contribution is 2.36. The Morgan fingerprint density at radius 3 is 2.25 bits per heavy atom. The number of aromatic nitrogens is 1. The summed E-state index contributed by atoms with van der Waals surface area (Å²) in [5, 5.41) is 9.76. The summed E-state index contributed by atoms with van der Waals surface area (Å²) in [6.07, 6.45) is 2.18. The van der Waals surface area contributed by atoms with Crippen molar-refractivity contribution in [2.24, 2.45) is 0 Å². The molecule has 2 amide bonds. The fourth-order valence-corrected chi connectivity index (χ4v) is 5.45. The number of carbonyl (C=O) groups excluding carboxylic acids is 1. The first-order valence-electron chi connectivity index (χ1n) is 10.1. The molecule has 0 saturated heterocycles. The van der Waals surface area contributed by atoms with Gasteiger partial charge in [0.1, 0.15) is 0 Å². The van der Waals surface area contributed by atoms with Crippen molar-refractivity contribution in [3.63, 3.8) is 0 Å². The molecule has 0 spiro atoms. The molecular weight excluding hydrogens is 424 g/mol. The van der Waals surface area contributed by atoms with Crippen LogP contribution in [-0.2, 0) is 16.3 Å². The van der Waals surface area contributed by atoms with Gasteiger partial charge in [0, 0.05) is 34.3 Å². The minimum atomic E-state index is -3.23. The summed E-state index contributed by atoms with van der Waals surface area (Å²) in [6.45, 7) is 0. The third kappa shape index (κ3) is 3.88. The number of amides is 2. The molecule has 160 valence electrons. The lowest BCUT2D eigenvalue weighted by Gasteiger charge is -2.13. The highest BCUT2D eigenvalue weighted by Gasteiger charge is 2.28. The van der Waals surface area contributed by atoms with E-state index in [1.807, 2.05) is 48.5 Å². The standard InChI is InChI=1S/C24H20N4O3S/c29-24(27-16-4-2-1-3-5-16)28-18-8-6-17(7-9-18)26-21-12-14-25-20-10-11-22-19(23(20)21)13-15-32(22,30)31/h1-12,14H,13,15H2,(H,25,26)(H2,27,28,29). The van der Waals surface area contributed by atoms with Crippen LogP contribution in [0.25, 0.3) is 10.9 Å². The number of rotatable bonds is 4. The van der Waals surface area contributed by atoms with Gasteiger partial charge in [-0.1, -0.05) is 18.2 Å². The molecule has 4 aromatic rings. The van der Waals surface area contributed by atoms with Gasteiger partial charge in [0.2, 0.25) is 0 Å². The quantitative estimate of drug-likeness (QED) is 0.413. The zero-order valence-corrected chi connectivity index (χ0v) is 17.8. The number of nitrogens with zero attached hydrogens (tertiary/aromatic N) is 1. The average Bonchev–Trinajstić information content (AvgIpc) is 3.10. The molecule has 0 unspecified atom stereocenters. The van der Waals surface area contributed by atoms with Crippen LogP contribution in [0.15, 0.2) is 83.9 Å². The second-order valence-corrected chi connectivity index (χ2v) is 9.59. The number of aryl methyl sites for hydroxylation is 1. The van der Waals surface area contributed by atoms with Crippen LogP contribution in [0.1, 0.15) is 5.56 Å². The molecule has 0 bridgehead atoms. The molecule has 0 fully saturated rings. The Balaban J connectivity index is 1.36. The van der Waals surface area contributed by atoms with Crippen LogP contribution in [0, 0.1) is 0 Å². The molecule has 32 heavy (non-hydrogen) atoms. The molecule has 0 radical (unpaired) electrons. The Kier molecular flexibility index (Phi) is 4.99. The van der Waals surface area contributed by atoms with Gasteiger partial charge in [-0.15, -0.1) is 0 Å². The van der Waals surface area contributed by atoms with E-state index in [1.165, 1.54) is 0 Å². The zero-order chi connectivity index (χ0) is 22.1. The highest BCUT2D eigenvalue weighted by molar-refractivity contribution is 7.91. The molecule has 3 aromatic carbocycles. The largest absolute Gasteiger partial charge is 0.355 e. The number of benzene rings is 3. The van der Waals surface area contributed by atoms with E-state index in [2.05, 4.69) is 20.9 Å². The van der Waals surface area contributed by atoms with Gasteiger partial charge in [0.25, 0.3) is 0 Å². The van der Waals surface area contributed by atoms with Crippen LogP contribution in [0.5, 0.6) is 0 Å². The van der Waals surface area contributed by atoms with Crippen LogP contribution >= 0.6 is 0 Å². The number of anilines is 4. The lowest BCUT2D eigenvalue weighted by atomic mass is 10.0. The van der Waals surface area contributed by atoms with E-state index in [0.29, 0.717) is 22.7 Å². The third-order valence-electron chi connectivity index (χ3n) is 5.38. The molecule has 0 saturated carbocycles.